The molecule has 0 saturated carbocycles. The SMILES string of the molecule is [2H]c1[c-]c(-c2nc([2H])c([2H])c(-c3c([2H])c([2H])c([2H])c([2H])c3[2H])c2[2H])c([2H])c([2H])c1[2H].[2H]c1nc(-c2[c-]c(C)c([2H])c([2H])c2[2H])c([2H])c([2H])c1[2H].[Ir]. The van der Waals surface area contributed by atoms with E-state index < -0.39 is 108 Å². The summed E-state index contributed by atoms with van der Waals surface area (Å²) >= 11 is 0. The Balaban J connectivity index is 0.000000292. The van der Waals surface area contributed by atoms with Gasteiger partial charge in [0.1, 0.15) is 0 Å². The summed E-state index contributed by atoms with van der Waals surface area (Å²) in [5.41, 5.74) is -1.45. The number of aryl methyl sites for hydroxylation is 1. The number of benzene rings is 3. The van der Waals surface area contributed by atoms with Crippen LogP contribution < -0.4 is 0 Å². The average Bonchev–Trinajstić information content (AvgIpc) is 3.08. The molecule has 0 fully saturated rings. The van der Waals surface area contributed by atoms with Gasteiger partial charge in [-0.15, -0.1) is 71.1 Å². The Morgan fingerprint density at radius 1 is 0.656 bits per heavy atom. The van der Waals surface area contributed by atoms with E-state index in [0.717, 1.165) is 0 Å². The van der Waals surface area contributed by atoms with Crippen LogP contribution in [-0.2, 0) is 20.1 Å². The first-order chi connectivity index (χ1) is 23.1. The minimum absolute atomic E-state index is 0. The maximum Gasteiger partial charge on any atom is 0.0830 e. The standard InChI is InChI=1S/C17H12N.C12H10N.Ir/c1-3-7-14(8-4-1)16-11-12-18-17(13-16)15-9-5-2-6-10-15;1-10-5-4-6-11(9-10)12-7-2-3-8-13-12;/h1-9,11-13H;2-8H,1H3;/q2*-1;/i1D,2D,3D,4D,5D,6D,7D,8D,9D,11D,12D,13D;2D,3D,4D,5D,6D,7D,8D;. The topological polar surface area (TPSA) is 25.8 Å². The fourth-order valence-electron chi connectivity index (χ4n) is 2.21. The third kappa shape index (κ3) is 6.31. The van der Waals surface area contributed by atoms with Crippen LogP contribution in [0.1, 0.15) is 31.6 Å². The molecule has 0 spiro atoms. The van der Waals surface area contributed by atoms with Crippen LogP contribution in [0.15, 0.2) is 115 Å². The van der Waals surface area contributed by atoms with E-state index in [2.05, 4.69) is 22.1 Å². The third-order valence-electron chi connectivity index (χ3n) is 3.53. The molecule has 2 aromatic heterocycles. The minimum atomic E-state index is -0.691. The van der Waals surface area contributed by atoms with Crippen LogP contribution in [0.5, 0.6) is 0 Å². The molecular weight excluding hydrogens is 569 g/mol. The van der Waals surface area contributed by atoms with E-state index in [9.17, 15) is 0 Å². The van der Waals surface area contributed by atoms with Gasteiger partial charge in [-0.1, -0.05) is 55.3 Å². The Bertz CT molecular complexity index is 2150. The predicted molar refractivity (Wildman–Crippen MR) is 127 cm³/mol. The van der Waals surface area contributed by atoms with Crippen LogP contribution in [0.2, 0.25) is 0 Å². The van der Waals surface area contributed by atoms with Crippen LogP contribution in [0.4, 0.5) is 0 Å². The van der Waals surface area contributed by atoms with E-state index in [4.69, 9.17) is 26.0 Å². The molecule has 5 rings (SSSR count). The fourth-order valence-corrected chi connectivity index (χ4v) is 2.21. The first-order valence-electron chi connectivity index (χ1n) is 18.1. The first-order valence-corrected chi connectivity index (χ1v) is 8.64. The summed E-state index contributed by atoms with van der Waals surface area (Å²) in [6.45, 7) is 1.55. The summed E-state index contributed by atoms with van der Waals surface area (Å²) in [7, 11) is 0. The molecule has 159 valence electrons. The zero-order valence-electron chi connectivity index (χ0n) is 35.2. The minimum Gasteiger partial charge on any atom is -0.305 e. The molecule has 2 heterocycles. The number of nitrogens with zero attached hydrogens (tertiary/aromatic N) is 2. The van der Waals surface area contributed by atoms with E-state index in [1.54, 1.807) is 6.92 Å². The summed E-state index contributed by atoms with van der Waals surface area (Å²) < 4.78 is 149. The summed E-state index contributed by atoms with van der Waals surface area (Å²) in [5, 5.41) is 0. The number of aromatic nitrogens is 2. The van der Waals surface area contributed by atoms with Crippen LogP contribution >= 0.6 is 0 Å². The number of pyridine rings is 2. The molecule has 0 aliphatic rings. The summed E-state index contributed by atoms with van der Waals surface area (Å²) in [5.74, 6) is 0. The second-order valence-corrected chi connectivity index (χ2v) is 5.64. The molecule has 0 bridgehead atoms. The third-order valence-corrected chi connectivity index (χ3v) is 3.53. The van der Waals surface area contributed by atoms with Crippen molar-refractivity contribution < 1.29 is 46.1 Å². The van der Waals surface area contributed by atoms with Gasteiger partial charge in [-0.3, -0.25) is 0 Å². The summed E-state index contributed by atoms with van der Waals surface area (Å²) in [6.07, 6.45) is -1.16. The second kappa shape index (κ2) is 11.9. The van der Waals surface area contributed by atoms with Gasteiger partial charge < -0.3 is 9.97 Å². The van der Waals surface area contributed by atoms with Crippen molar-refractivity contribution in [2.45, 2.75) is 6.92 Å². The molecule has 3 heteroatoms. The van der Waals surface area contributed by atoms with Crippen molar-refractivity contribution in [1.29, 1.82) is 0 Å². The van der Waals surface area contributed by atoms with Gasteiger partial charge in [-0.2, -0.15) is 0 Å². The normalized spacial score (nSPS) is 18.1. The smallest absolute Gasteiger partial charge is 0.0830 e. The summed E-state index contributed by atoms with van der Waals surface area (Å²) in [6, 6.07) is -3.83. The van der Waals surface area contributed by atoms with Gasteiger partial charge in [0.25, 0.3) is 0 Å². The van der Waals surface area contributed by atoms with E-state index in [1.165, 1.54) is 0 Å². The number of hydrogen-bond acceptors (Lipinski definition) is 2. The molecule has 0 saturated heterocycles. The van der Waals surface area contributed by atoms with Crippen molar-refractivity contribution in [3.05, 3.63) is 133 Å². The van der Waals surface area contributed by atoms with Crippen molar-refractivity contribution >= 4 is 0 Å². The van der Waals surface area contributed by atoms with Crippen molar-refractivity contribution in [2.24, 2.45) is 0 Å². The number of hydrogen-bond donors (Lipinski definition) is 0. The van der Waals surface area contributed by atoms with Gasteiger partial charge in [0.2, 0.25) is 0 Å². The van der Waals surface area contributed by atoms with Crippen LogP contribution in [0.25, 0.3) is 33.6 Å². The Kier molecular flexibility index (Phi) is 3.28. The van der Waals surface area contributed by atoms with Crippen LogP contribution in [0, 0.1) is 19.1 Å². The quantitative estimate of drug-likeness (QED) is 0.205. The van der Waals surface area contributed by atoms with Gasteiger partial charge in [-0.05, 0) is 40.1 Å². The zero-order chi connectivity index (χ0) is 37.8. The summed E-state index contributed by atoms with van der Waals surface area (Å²) in [4.78, 5) is 7.53. The molecule has 32 heavy (non-hydrogen) atoms. The maximum absolute atomic E-state index is 8.46. The van der Waals surface area contributed by atoms with Crippen LogP contribution in [-0.4, -0.2) is 9.97 Å². The van der Waals surface area contributed by atoms with Gasteiger partial charge >= 0.3 is 0 Å². The molecule has 0 atom stereocenters. The molecule has 0 unspecified atom stereocenters. The first kappa shape index (κ1) is 8.86. The van der Waals surface area contributed by atoms with Gasteiger partial charge in [0, 0.05) is 36.6 Å². The Hall–Kier alpha value is -3.39. The van der Waals surface area contributed by atoms with Crippen molar-refractivity contribution in [1.82, 2.24) is 9.97 Å². The Labute approximate surface area is 230 Å². The molecule has 0 aliphatic heterocycles. The molecule has 1 radical (unpaired) electrons. The Morgan fingerprint density at radius 2 is 1.41 bits per heavy atom. The Morgan fingerprint density at radius 3 is 2.28 bits per heavy atom. The fraction of sp³-hybridized carbons (Fsp3) is 0.0345. The van der Waals surface area contributed by atoms with Crippen LogP contribution in [0.3, 0.4) is 0 Å². The molecule has 5 aromatic rings. The number of rotatable bonds is 3. The average molecular weight is 610 g/mol. The van der Waals surface area contributed by atoms with Crippen molar-refractivity contribution in [3.8, 4) is 33.6 Å². The molecule has 0 aliphatic carbocycles. The van der Waals surface area contributed by atoms with Crippen molar-refractivity contribution in [2.75, 3.05) is 0 Å². The van der Waals surface area contributed by atoms with E-state index in [0.29, 0.717) is 5.56 Å². The van der Waals surface area contributed by atoms with Gasteiger partial charge in [-0.25, -0.2) is 0 Å². The predicted octanol–water partition coefficient (Wildman–Crippen LogP) is 7.07. The van der Waals surface area contributed by atoms with Gasteiger partial charge in [0.15, 0.2) is 0 Å². The maximum atomic E-state index is 8.46. The van der Waals surface area contributed by atoms with E-state index in [-0.39, 0.29) is 61.1 Å². The monoisotopic (exact) mass is 610 g/mol. The van der Waals surface area contributed by atoms with Crippen molar-refractivity contribution in [3.63, 3.8) is 0 Å². The molecular formula is C29H22IrN2-2. The molecule has 2 nitrogen and oxygen atoms in total. The molecule has 0 amide bonds. The zero-order valence-corrected chi connectivity index (χ0v) is 18.6. The largest absolute Gasteiger partial charge is 0.305 e. The second-order valence-electron chi connectivity index (χ2n) is 5.64. The molecule has 3 aromatic carbocycles. The van der Waals surface area contributed by atoms with E-state index in [1.807, 2.05) is 0 Å². The molecule has 0 N–H and O–H groups in total. The van der Waals surface area contributed by atoms with E-state index >= 15 is 0 Å². The van der Waals surface area contributed by atoms with Gasteiger partial charge in [0.05, 0.1) is 16.4 Å².